The first-order valence-electron chi connectivity index (χ1n) is 4.59. The highest BCUT2D eigenvalue weighted by molar-refractivity contribution is 5.67. The van der Waals surface area contributed by atoms with Gasteiger partial charge in [-0.2, -0.15) is 13.2 Å². The smallest absolute Gasteiger partial charge is 0.416 e. The third-order valence-electron chi connectivity index (χ3n) is 2.11. The number of halogens is 3. The number of benzene rings is 1. The van der Waals surface area contributed by atoms with Crippen LogP contribution in [0.3, 0.4) is 0 Å². The minimum Gasteiger partial charge on any atom is -0.481 e. The van der Waals surface area contributed by atoms with Crippen LogP contribution >= 0.6 is 0 Å². The average Bonchev–Trinajstić information content (AvgIpc) is 2.24. The third-order valence-corrected chi connectivity index (χ3v) is 2.11. The number of hydrogen-bond acceptors (Lipinski definition) is 3. The summed E-state index contributed by atoms with van der Waals surface area (Å²) in [5.41, 5.74) is -0.799. The molecule has 0 heterocycles. The van der Waals surface area contributed by atoms with Crippen molar-refractivity contribution in [3.8, 4) is 0 Å². The highest BCUT2D eigenvalue weighted by Crippen LogP contribution is 2.31. The minimum absolute atomic E-state index is 0.0738. The molecule has 0 spiro atoms. The van der Waals surface area contributed by atoms with Crippen molar-refractivity contribution in [2.75, 3.05) is 0 Å². The van der Waals surface area contributed by atoms with Crippen LogP contribution in [0.4, 0.5) is 13.2 Å². The van der Waals surface area contributed by atoms with Crippen molar-refractivity contribution >= 4 is 5.97 Å². The van der Waals surface area contributed by atoms with Gasteiger partial charge in [-0.25, -0.2) is 5.90 Å². The van der Waals surface area contributed by atoms with Crippen LogP contribution in [0.25, 0.3) is 0 Å². The van der Waals surface area contributed by atoms with Gasteiger partial charge in [0, 0.05) is 0 Å². The summed E-state index contributed by atoms with van der Waals surface area (Å²) in [5, 5.41) is 8.55. The van der Waals surface area contributed by atoms with Crippen LogP contribution < -0.4 is 5.90 Å². The number of nitrogens with two attached hydrogens (primary N) is 1. The highest BCUT2D eigenvalue weighted by atomic mass is 19.4. The zero-order valence-corrected chi connectivity index (χ0v) is 8.57. The Morgan fingerprint density at radius 3 is 2.59 bits per heavy atom. The van der Waals surface area contributed by atoms with E-state index in [2.05, 4.69) is 4.84 Å². The van der Waals surface area contributed by atoms with E-state index < -0.39 is 30.2 Å². The number of carboxylic acid groups (broad SMARTS) is 1. The number of carbonyl (C=O) groups is 1. The lowest BCUT2D eigenvalue weighted by atomic mass is 10.0. The fraction of sp³-hybridized carbons (Fsp3) is 0.300. The summed E-state index contributed by atoms with van der Waals surface area (Å²) in [6.07, 6.45) is -6.09. The van der Waals surface area contributed by atoms with E-state index in [1.54, 1.807) is 0 Å². The standard InChI is InChI=1S/C10H10F3NO3/c11-10(12,13)7-3-1-2-6(4-7)8(17-14)5-9(15)16/h1-4,8H,5,14H2,(H,15,16). The van der Waals surface area contributed by atoms with Gasteiger partial charge >= 0.3 is 12.1 Å². The molecular weight excluding hydrogens is 239 g/mol. The molecule has 0 saturated carbocycles. The molecule has 0 aliphatic carbocycles. The van der Waals surface area contributed by atoms with Gasteiger partial charge < -0.3 is 5.11 Å². The number of hydrogen-bond donors (Lipinski definition) is 2. The van der Waals surface area contributed by atoms with Gasteiger partial charge in [-0.1, -0.05) is 12.1 Å². The van der Waals surface area contributed by atoms with E-state index in [4.69, 9.17) is 11.0 Å². The molecule has 0 amide bonds. The molecule has 1 unspecified atom stereocenters. The zero-order chi connectivity index (χ0) is 13.1. The molecule has 3 N–H and O–H groups in total. The zero-order valence-electron chi connectivity index (χ0n) is 8.57. The molecule has 0 bridgehead atoms. The molecule has 94 valence electrons. The molecule has 0 radical (unpaired) electrons. The van der Waals surface area contributed by atoms with Gasteiger partial charge in [0.25, 0.3) is 0 Å². The molecule has 0 fully saturated rings. The largest absolute Gasteiger partial charge is 0.481 e. The first kappa shape index (κ1) is 13.5. The van der Waals surface area contributed by atoms with E-state index in [0.29, 0.717) is 0 Å². The maximum Gasteiger partial charge on any atom is 0.416 e. The van der Waals surface area contributed by atoms with Gasteiger partial charge in [0.15, 0.2) is 0 Å². The van der Waals surface area contributed by atoms with Crippen molar-refractivity contribution in [1.82, 2.24) is 0 Å². The van der Waals surface area contributed by atoms with Crippen molar-refractivity contribution in [2.24, 2.45) is 5.90 Å². The van der Waals surface area contributed by atoms with Gasteiger partial charge in [0.1, 0.15) is 6.10 Å². The molecule has 17 heavy (non-hydrogen) atoms. The van der Waals surface area contributed by atoms with Crippen LogP contribution in [-0.4, -0.2) is 11.1 Å². The molecule has 1 aromatic rings. The van der Waals surface area contributed by atoms with Crippen LogP contribution in [-0.2, 0) is 15.8 Å². The van der Waals surface area contributed by atoms with Crippen LogP contribution in [0.15, 0.2) is 24.3 Å². The first-order chi connectivity index (χ1) is 7.84. The molecule has 1 atom stereocenters. The van der Waals surface area contributed by atoms with E-state index >= 15 is 0 Å². The predicted octanol–water partition coefficient (Wildman–Crippen LogP) is 2.11. The monoisotopic (exact) mass is 249 g/mol. The summed E-state index contributed by atoms with van der Waals surface area (Å²) in [6.45, 7) is 0. The lowest BCUT2D eigenvalue weighted by Gasteiger charge is -2.14. The Kier molecular flexibility index (Phi) is 4.08. The highest BCUT2D eigenvalue weighted by Gasteiger charge is 2.31. The fourth-order valence-electron chi connectivity index (χ4n) is 1.32. The number of carboxylic acids is 1. The number of alkyl halides is 3. The van der Waals surface area contributed by atoms with E-state index in [1.807, 2.05) is 0 Å². The normalized spacial score (nSPS) is 13.4. The van der Waals surface area contributed by atoms with Crippen LogP contribution in [0.5, 0.6) is 0 Å². The van der Waals surface area contributed by atoms with E-state index in [1.165, 1.54) is 12.1 Å². The van der Waals surface area contributed by atoms with Crippen molar-refractivity contribution in [3.05, 3.63) is 35.4 Å². The summed E-state index contributed by atoms with van der Waals surface area (Å²) in [7, 11) is 0. The summed E-state index contributed by atoms with van der Waals surface area (Å²) in [6, 6.07) is 4.21. The lowest BCUT2D eigenvalue weighted by Crippen LogP contribution is -2.15. The predicted molar refractivity (Wildman–Crippen MR) is 51.7 cm³/mol. The lowest BCUT2D eigenvalue weighted by molar-refractivity contribution is -0.140. The second-order valence-corrected chi connectivity index (χ2v) is 3.35. The molecule has 0 aliphatic heterocycles. The van der Waals surface area contributed by atoms with Crippen molar-refractivity contribution < 1.29 is 27.9 Å². The molecule has 0 aromatic heterocycles. The quantitative estimate of drug-likeness (QED) is 0.801. The Labute approximate surface area is 94.8 Å². The maximum atomic E-state index is 12.4. The second-order valence-electron chi connectivity index (χ2n) is 3.35. The first-order valence-corrected chi connectivity index (χ1v) is 4.59. The van der Waals surface area contributed by atoms with Gasteiger partial charge in [0.2, 0.25) is 0 Å². The van der Waals surface area contributed by atoms with Crippen LogP contribution in [0.2, 0.25) is 0 Å². The van der Waals surface area contributed by atoms with E-state index in [-0.39, 0.29) is 5.56 Å². The van der Waals surface area contributed by atoms with Gasteiger partial charge in [-0.05, 0) is 17.7 Å². The third kappa shape index (κ3) is 3.72. The summed E-state index contributed by atoms with van der Waals surface area (Å²) in [5.74, 6) is 3.66. The molecule has 1 aromatic carbocycles. The molecule has 0 aliphatic rings. The van der Waals surface area contributed by atoms with E-state index in [0.717, 1.165) is 12.1 Å². The van der Waals surface area contributed by atoms with Crippen molar-refractivity contribution in [1.29, 1.82) is 0 Å². The Morgan fingerprint density at radius 2 is 2.12 bits per heavy atom. The van der Waals surface area contributed by atoms with Gasteiger partial charge in [-0.3, -0.25) is 9.63 Å². The topological polar surface area (TPSA) is 72.5 Å². The maximum absolute atomic E-state index is 12.4. The van der Waals surface area contributed by atoms with Crippen molar-refractivity contribution in [2.45, 2.75) is 18.7 Å². The number of aliphatic carboxylic acids is 1. The molecule has 1 rings (SSSR count). The Bertz CT molecular complexity index is 406. The minimum atomic E-state index is -4.49. The Balaban J connectivity index is 3.01. The fourth-order valence-corrected chi connectivity index (χ4v) is 1.32. The van der Waals surface area contributed by atoms with Gasteiger partial charge in [0.05, 0.1) is 12.0 Å². The SMILES string of the molecule is NOC(CC(=O)O)c1cccc(C(F)(F)F)c1. The van der Waals surface area contributed by atoms with Gasteiger partial charge in [-0.15, -0.1) is 0 Å². The Hall–Kier alpha value is -1.60. The summed E-state index contributed by atoms with van der Waals surface area (Å²) in [4.78, 5) is 14.8. The molecule has 7 heteroatoms. The average molecular weight is 249 g/mol. The second kappa shape index (κ2) is 5.15. The van der Waals surface area contributed by atoms with E-state index in [9.17, 15) is 18.0 Å². The number of rotatable bonds is 4. The summed E-state index contributed by atoms with van der Waals surface area (Å²) >= 11 is 0. The molecule has 4 nitrogen and oxygen atoms in total. The van der Waals surface area contributed by atoms with Crippen molar-refractivity contribution in [3.63, 3.8) is 0 Å². The van der Waals surface area contributed by atoms with Crippen LogP contribution in [0.1, 0.15) is 23.7 Å². The Morgan fingerprint density at radius 1 is 1.47 bits per heavy atom. The molecular formula is C10H10F3NO3. The molecule has 0 saturated heterocycles. The summed E-state index contributed by atoms with van der Waals surface area (Å²) < 4.78 is 37.2. The van der Waals surface area contributed by atoms with Crippen LogP contribution in [0, 0.1) is 0 Å².